The molecule has 19 heavy (non-hydrogen) atoms. The van der Waals surface area contributed by atoms with Crippen molar-refractivity contribution in [2.75, 3.05) is 13.7 Å². The summed E-state index contributed by atoms with van der Waals surface area (Å²) in [6.45, 7) is 1.11. The van der Waals surface area contributed by atoms with Crippen molar-refractivity contribution in [3.05, 3.63) is 29.8 Å². The van der Waals surface area contributed by atoms with Gasteiger partial charge in [0.1, 0.15) is 5.75 Å². The van der Waals surface area contributed by atoms with Gasteiger partial charge in [0.05, 0.1) is 7.11 Å². The average molecular weight is 262 g/mol. The smallest absolute Gasteiger partial charge is 0.223 e. The lowest BCUT2D eigenvalue weighted by atomic mass is 9.95. The van der Waals surface area contributed by atoms with E-state index in [0.29, 0.717) is 19.0 Å². The maximum absolute atomic E-state index is 12.2. The third-order valence-corrected chi connectivity index (χ3v) is 3.94. The number of hydrogen-bond donors (Lipinski definition) is 2. The first-order chi connectivity index (χ1) is 9.26. The summed E-state index contributed by atoms with van der Waals surface area (Å²) >= 11 is 0. The number of hydrogen-bond acceptors (Lipinski definition) is 3. The van der Waals surface area contributed by atoms with Crippen molar-refractivity contribution < 1.29 is 9.53 Å². The van der Waals surface area contributed by atoms with Gasteiger partial charge in [-0.25, -0.2) is 0 Å². The number of methoxy groups -OCH3 is 1. The molecule has 0 saturated heterocycles. The maximum Gasteiger partial charge on any atom is 0.223 e. The topological polar surface area (TPSA) is 64.3 Å². The van der Waals surface area contributed by atoms with Gasteiger partial charge in [-0.3, -0.25) is 4.79 Å². The second-order valence-electron chi connectivity index (χ2n) is 5.06. The molecule has 1 fully saturated rings. The van der Waals surface area contributed by atoms with Crippen LogP contribution < -0.4 is 15.8 Å². The molecule has 4 heteroatoms. The molecule has 4 nitrogen and oxygen atoms in total. The Labute approximate surface area is 114 Å². The first-order valence-electron chi connectivity index (χ1n) is 6.86. The number of rotatable bonds is 5. The zero-order chi connectivity index (χ0) is 13.7. The Hall–Kier alpha value is -1.55. The number of para-hydroxylation sites is 1. The van der Waals surface area contributed by atoms with Crippen LogP contribution >= 0.6 is 0 Å². The van der Waals surface area contributed by atoms with Gasteiger partial charge in [-0.15, -0.1) is 0 Å². The standard InChI is InChI=1S/C15H22N2O2/c1-19-14-8-3-2-5-12(14)10-17-15(18)13-7-4-6-11(13)9-16/h2-3,5,8,11,13H,4,6-7,9-10,16H2,1H3,(H,17,18)/t11-,13-/m1/s1. The van der Waals surface area contributed by atoms with E-state index >= 15 is 0 Å². The number of carbonyl (C=O) groups excluding carboxylic acids is 1. The highest BCUT2D eigenvalue weighted by atomic mass is 16.5. The molecule has 0 aromatic heterocycles. The molecule has 1 aliphatic carbocycles. The van der Waals surface area contributed by atoms with E-state index in [4.69, 9.17) is 10.5 Å². The van der Waals surface area contributed by atoms with E-state index in [9.17, 15) is 4.79 Å². The highest BCUT2D eigenvalue weighted by molar-refractivity contribution is 5.79. The zero-order valence-electron chi connectivity index (χ0n) is 11.4. The summed E-state index contributed by atoms with van der Waals surface area (Å²) in [6.07, 6.45) is 3.14. The van der Waals surface area contributed by atoms with Gasteiger partial charge in [-0.2, -0.15) is 0 Å². The predicted molar refractivity (Wildman–Crippen MR) is 74.7 cm³/mol. The van der Waals surface area contributed by atoms with Gasteiger partial charge in [-0.1, -0.05) is 24.6 Å². The third kappa shape index (κ3) is 3.26. The molecule has 0 spiro atoms. The Balaban J connectivity index is 1.93. The van der Waals surface area contributed by atoms with E-state index in [1.54, 1.807) is 7.11 Å². The minimum absolute atomic E-state index is 0.0831. The van der Waals surface area contributed by atoms with Crippen molar-refractivity contribution >= 4 is 5.91 Å². The molecule has 104 valence electrons. The first kappa shape index (κ1) is 13.9. The van der Waals surface area contributed by atoms with Gasteiger partial charge >= 0.3 is 0 Å². The molecule has 0 heterocycles. The van der Waals surface area contributed by atoms with Crippen molar-refractivity contribution in [2.45, 2.75) is 25.8 Å². The van der Waals surface area contributed by atoms with E-state index in [1.165, 1.54) is 0 Å². The van der Waals surface area contributed by atoms with E-state index < -0.39 is 0 Å². The Bertz CT molecular complexity index is 434. The number of benzene rings is 1. The fourth-order valence-corrected chi connectivity index (χ4v) is 2.83. The van der Waals surface area contributed by atoms with Crippen molar-refractivity contribution in [2.24, 2.45) is 17.6 Å². The number of amides is 1. The molecule has 0 unspecified atom stereocenters. The molecule has 2 atom stereocenters. The Morgan fingerprint density at radius 2 is 2.21 bits per heavy atom. The van der Waals surface area contributed by atoms with Crippen LogP contribution in [0.25, 0.3) is 0 Å². The Morgan fingerprint density at radius 1 is 1.42 bits per heavy atom. The van der Waals surface area contributed by atoms with Crippen molar-refractivity contribution in [1.82, 2.24) is 5.32 Å². The summed E-state index contributed by atoms with van der Waals surface area (Å²) in [5, 5.41) is 3.01. The molecule has 1 aromatic rings. The van der Waals surface area contributed by atoms with Crippen LogP contribution in [0.4, 0.5) is 0 Å². The van der Waals surface area contributed by atoms with Gasteiger partial charge in [0.25, 0.3) is 0 Å². The van der Waals surface area contributed by atoms with Crippen LogP contribution in [0.15, 0.2) is 24.3 Å². The molecular weight excluding hydrogens is 240 g/mol. The number of carbonyl (C=O) groups is 1. The lowest BCUT2D eigenvalue weighted by Gasteiger charge is -2.18. The number of nitrogens with two attached hydrogens (primary N) is 1. The van der Waals surface area contributed by atoms with Crippen LogP contribution in [0.5, 0.6) is 5.75 Å². The summed E-state index contributed by atoms with van der Waals surface area (Å²) in [5.41, 5.74) is 6.72. The SMILES string of the molecule is COc1ccccc1CNC(=O)[C@@H]1CCC[C@@H]1CN. The molecule has 1 amide bonds. The minimum Gasteiger partial charge on any atom is -0.496 e. The van der Waals surface area contributed by atoms with Crippen LogP contribution in [0.1, 0.15) is 24.8 Å². The molecular formula is C15H22N2O2. The van der Waals surface area contributed by atoms with E-state index in [0.717, 1.165) is 30.6 Å². The number of nitrogens with one attached hydrogen (secondary N) is 1. The second-order valence-corrected chi connectivity index (χ2v) is 5.06. The molecule has 1 aliphatic rings. The summed E-state index contributed by atoms with van der Waals surface area (Å²) < 4.78 is 5.27. The quantitative estimate of drug-likeness (QED) is 0.848. The summed E-state index contributed by atoms with van der Waals surface area (Å²) in [4.78, 5) is 12.2. The van der Waals surface area contributed by atoms with E-state index in [1.807, 2.05) is 24.3 Å². The normalized spacial score (nSPS) is 22.2. The Kier molecular flexibility index (Phi) is 4.80. The van der Waals surface area contributed by atoms with E-state index in [2.05, 4.69) is 5.32 Å². The lowest BCUT2D eigenvalue weighted by Crippen LogP contribution is -2.34. The van der Waals surface area contributed by atoms with Crippen LogP contribution in [0.3, 0.4) is 0 Å². The molecule has 2 rings (SSSR count). The third-order valence-electron chi connectivity index (χ3n) is 3.94. The Morgan fingerprint density at radius 3 is 2.95 bits per heavy atom. The summed E-state index contributed by atoms with van der Waals surface area (Å²) in [5.74, 6) is 1.36. The predicted octanol–water partition coefficient (Wildman–Crippen LogP) is 1.69. The van der Waals surface area contributed by atoms with Crippen molar-refractivity contribution in [3.63, 3.8) is 0 Å². The monoisotopic (exact) mass is 262 g/mol. The molecule has 3 N–H and O–H groups in total. The highest BCUT2D eigenvalue weighted by Gasteiger charge is 2.31. The van der Waals surface area contributed by atoms with Crippen LogP contribution in [-0.2, 0) is 11.3 Å². The van der Waals surface area contributed by atoms with Gasteiger partial charge in [0.2, 0.25) is 5.91 Å². The minimum atomic E-state index is 0.0831. The molecule has 0 bridgehead atoms. The van der Waals surface area contributed by atoms with Gasteiger partial charge in [0, 0.05) is 18.0 Å². The summed E-state index contributed by atoms with van der Waals surface area (Å²) in [7, 11) is 1.64. The number of ether oxygens (including phenoxy) is 1. The maximum atomic E-state index is 12.2. The zero-order valence-corrected chi connectivity index (χ0v) is 11.4. The fraction of sp³-hybridized carbons (Fsp3) is 0.533. The van der Waals surface area contributed by atoms with Gasteiger partial charge in [-0.05, 0) is 31.4 Å². The average Bonchev–Trinajstić information content (AvgIpc) is 2.93. The largest absolute Gasteiger partial charge is 0.496 e. The molecule has 0 aliphatic heterocycles. The van der Waals surface area contributed by atoms with Gasteiger partial charge < -0.3 is 15.8 Å². The lowest BCUT2D eigenvalue weighted by molar-refractivity contribution is -0.126. The van der Waals surface area contributed by atoms with E-state index in [-0.39, 0.29) is 11.8 Å². The van der Waals surface area contributed by atoms with Crippen molar-refractivity contribution in [3.8, 4) is 5.75 Å². The van der Waals surface area contributed by atoms with Crippen LogP contribution in [0, 0.1) is 11.8 Å². The second kappa shape index (κ2) is 6.57. The highest BCUT2D eigenvalue weighted by Crippen LogP contribution is 2.31. The van der Waals surface area contributed by atoms with Gasteiger partial charge in [0.15, 0.2) is 0 Å². The summed E-state index contributed by atoms with van der Waals surface area (Å²) in [6, 6.07) is 7.74. The van der Waals surface area contributed by atoms with Crippen LogP contribution in [0.2, 0.25) is 0 Å². The molecule has 1 aromatic carbocycles. The molecule has 0 radical (unpaired) electrons. The van der Waals surface area contributed by atoms with Crippen molar-refractivity contribution in [1.29, 1.82) is 0 Å². The van der Waals surface area contributed by atoms with Crippen LogP contribution in [-0.4, -0.2) is 19.6 Å². The first-order valence-corrected chi connectivity index (χ1v) is 6.86. The fourth-order valence-electron chi connectivity index (χ4n) is 2.83. The molecule has 1 saturated carbocycles.